The molecule has 0 bridgehead atoms. The average molecular weight is 241 g/mol. The Labute approximate surface area is 101 Å². The molecule has 0 N–H and O–H groups in total. The molecule has 1 atom stereocenters. The number of nitrogens with zero attached hydrogens (tertiary/aromatic N) is 1. The van der Waals surface area contributed by atoms with Crippen molar-refractivity contribution in [1.82, 2.24) is 0 Å². The summed E-state index contributed by atoms with van der Waals surface area (Å²) >= 11 is 0. The van der Waals surface area contributed by atoms with Crippen LogP contribution in [0.2, 0.25) is 0 Å². The highest BCUT2D eigenvalue weighted by molar-refractivity contribution is 5.24. The Hall–Kier alpha value is -0.940. The molecule has 96 valence electrons. The van der Waals surface area contributed by atoms with Crippen LogP contribution in [0.5, 0.6) is 0 Å². The molecule has 0 aromatic rings. The third kappa shape index (κ3) is 1.60. The van der Waals surface area contributed by atoms with E-state index in [1.54, 1.807) is 6.92 Å². The summed E-state index contributed by atoms with van der Waals surface area (Å²) < 4.78 is 11.5. The lowest BCUT2D eigenvalue weighted by Crippen LogP contribution is -2.61. The van der Waals surface area contributed by atoms with E-state index < -0.39 is 11.3 Å². The van der Waals surface area contributed by atoms with Gasteiger partial charge in [0.1, 0.15) is 0 Å². The maximum Gasteiger partial charge on any atom is 0.276 e. The Morgan fingerprint density at radius 2 is 1.82 bits per heavy atom. The van der Waals surface area contributed by atoms with E-state index in [1.807, 2.05) is 13.8 Å². The first-order valence-corrected chi connectivity index (χ1v) is 5.84. The Morgan fingerprint density at radius 1 is 1.29 bits per heavy atom. The van der Waals surface area contributed by atoms with Crippen molar-refractivity contribution in [2.24, 2.45) is 5.41 Å². The van der Waals surface area contributed by atoms with Gasteiger partial charge in [0.15, 0.2) is 0 Å². The quantitative estimate of drug-likeness (QED) is 0.401. The molecule has 0 amide bonds. The second-order valence-electron chi connectivity index (χ2n) is 5.99. The summed E-state index contributed by atoms with van der Waals surface area (Å²) in [7, 11) is 0. The van der Waals surface area contributed by atoms with Gasteiger partial charge in [-0.15, -0.1) is 0 Å². The van der Waals surface area contributed by atoms with Gasteiger partial charge in [0.2, 0.25) is 0 Å². The Balaban J connectivity index is 2.34. The first-order valence-electron chi connectivity index (χ1n) is 5.84. The van der Waals surface area contributed by atoms with Gasteiger partial charge < -0.3 is 9.47 Å². The molecule has 0 aromatic heterocycles. The molecule has 1 spiro atoms. The lowest BCUT2D eigenvalue weighted by atomic mass is 9.89. The molecule has 0 radical (unpaired) electrons. The van der Waals surface area contributed by atoms with E-state index in [0.717, 1.165) is 0 Å². The second kappa shape index (κ2) is 3.53. The lowest BCUT2D eigenvalue weighted by Gasteiger charge is -2.45. The smallest absolute Gasteiger partial charge is 0.276 e. The van der Waals surface area contributed by atoms with Crippen LogP contribution in [-0.4, -0.2) is 29.5 Å². The monoisotopic (exact) mass is 241 g/mol. The molecule has 5 nitrogen and oxygen atoms in total. The average Bonchev–Trinajstić information content (AvgIpc) is 2.49. The predicted molar refractivity (Wildman–Crippen MR) is 62.2 cm³/mol. The van der Waals surface area contributed by atoms with Crippen LogP contribution in [0.4, 0.5) is 0 Å². The highest BCUT2D eigenvalue weighted by Gasteiger charge is 2.67. The number of nitro groups is 1. The van der Waals surface area contributed by atoms with Gasteiger partial charge in [0, 0.05) is 23.7 Å². The molecule has 0 aromatic carbocycles. The Bertz CT molecular complexity index is 367. The minimum atomic E-state index is -1.23. The third-order valence-corrected chi connectivity index (χ3v) is 3.82. The van der Waals surface area contributed by atoms with Crippen LogP contribution in [-0.2, 0) is 9.47 Å². The fourth-order valence-corrected chi connectivity index (χ4v) is 2.51. The zero-order valence-corrected chi connectivity index (χ0v) is 10.6. The maximum atomic E-state index is 11.3. The minimum Gasteiger partial charge on any atom is -0.340 e. The number of rotatable bonds is 1. The summed E-state index contributed by atoms with van der Waals surface area (Å²) in [6.45, 7) is 10.4. The summed E-state index contributed by atoms with van der Waals surface area (Å²) in [6.07, 6.45) is 0.997. The van der Waals surface area contributed by atoms with E-state index in [4.69, 9.17) is 9.47 Å². The summed E-state index contributed by atoms with van der Waals surface area (Å²) in [6, 6.07) is 0. The molecule has 5 heteroatoms. The molecule has 1 unspecified atom stereocenters. The van der Waals surface area contributed by atoms with Crippen LogP contribution < -0.4 is 0 Å². The van der Waals surface area contributed by atoms with Gasteiger partial charge in [-0.05, 0) is 12.0 Å². The van der Waals surface area contributed by atoms with Gasteiger partial charge in [-0.1, -0.05) is 20.4 Å². The largest absolute Gasteiger partial charge is 0.340 e. The second-order valence-corrected chi connectivity index (χ2v) is 5.99. The first-order chi connectivity index (χ1) is 7.74. The maximum absolute atomic E-state index is 11.3. The van der Waals surface area contributed by atoms with E-state index in [0.29, 0.717) is 31.6 Å². The summed E-state index contributed by atoms with van der Waals surface area (Å²) in [5, 5.41) is 11.3. The number of hydrogen-bond acceptors (Lipinski definition) is 4. The molecule has 17 heavy (non-hydrogen) atoms. The van der Waals surface area contributed by atoms with Crippen molar-refractivity contribution in [2.45, 2.75) is 44.9 Å². The zero-order valence-electron chi connectivity index (χ0n) is 10.6. The predicted octanol–water partition coefficient (Wildman–Crippen LogP) is 2.14. The molecule has 2 fully saturated rings. The van der Waals surface area contributed by atoms with Crippen molar-refractivity contribution >= 4 is 0 Å². The molecule has 1 saturated heterocycles. The topological polar surface area (TPSA) is 61.6 Å². The van der Waals surface area contributed by atoms with Crippen molar-refractivity contribution < 1.29 is 14.4 Å². The molecular weight excluding hydrogens is 222 g/mol. The summed E-state index contributed by atoms with van der Waals surface area (Å²) in [4.78, 5) is 11.0. The highest BCUT2D eigenvalue weighted by Crippen LogP contribution is 2.50. The van der Waals surface area contributed by atoms with Gasteiger partial charge >= 0.3 is 0 Å². The molecule has 2 aliphatic rings. The molecule has 1 saturated carbocycles. The molecule has 2 rings (SSSR count). The van der Waals surface area contributed by atoms with Crippen LogP contribution in [0.3, 0.4) is 0 Å². The SMILES string of the molecule is C=C1CCC(C)([N+](=O)[O-])C12OCC(C)(C)CO2. The number of hydrogen-bond donors (Lipinski definition) is 0. The molecule has 1 aliphatic heterocycles. The minimum absolute atomic E-state index is 0.106. The fourth-order valence-electron chi connectivity index (χ4n) is 2.51. The zero-order chi connectivity index (χ0) is 12.9. The van der Waals surface area contributed by atoms with Gasteiger partial charge in [-0.25, -0.2) is 0 Å². The molecule has 1 heterocycles. The van der Waals surface area contributed by atoms with Gasteiger partial charge in [0.25, 0.3) is 11.3 Å². The van der Waals surface area contributed by atoms with Crippen LogP contribution in [0, 0.1) is 15.5 Å². The van der Waals surface area contributed by atoms with Gasteiger partial charge in [-0.3, -0.25) is 10.1 Å². The van der Waals surface area contributed by atoms with Crippen molar-refractivity contribution in [3.05, 3.63) is 22.3 Å². The van der Waals surface area contributed by atoms with Crippen molar-refractivity contribution in [3.8, 4) is 0 Å². The van der Waals surface area contributed by atoms with Crippen molar-refractivity contribution in [2.75, 3.05) is 13.2 Å². The van der Waals surface area contributed by atoms with E-state index in [2.05, 4.69) is 6.58 Å². The van der Waals surface area contributed by atoms with Gasteiger partial charge in [0.05, 0.1) is 13.2 Å². The summed E-state index contributed by atoms with van der Waals surface area (Å²) in [5.41, 5.74) is -0.640. The van der Waals surface area contributed by atoms with E-state index in [1.165, 1.54) is 0 Å². The Morgan fingerprint density at radius 3 is 2.29 bits per heavy atom. The first kappa shape index (κ1) is 12.5. The van der Waals surface area contributed by atoms with Crippen LogP contribution >= 0.6 is 0 Å². The normalized spacial score (nSPS) is 35.1. The fraction of sp³-hybridized carbons (Fsp3) is 0.833. The van der Waals surface area contributed by atoms with E-state index in [9.17, 15) is 10.1 Å². The summed E-state index contributed by atoms with van der Waals surface area (Å²) in [5.74, 6) is -1.23. The molecular formula is C12H19NO4. The van der Waals surface area contributed by atoms with E-state index >= 15 is 0 Å². The Kier molecular flexibility index (Phi) is 2.60. The van der Waals surface area contributed by atoms with Crippen LogP contribution in [0.15, 0.2) is 12.2 Å². The lowest BCUT2D eigenvalue weighted by molar-refractivity contribution is -0.607. The highest BCUT2D eigenvalue weighted by atomic mass is 16.7. The van der Waals surface area contributed by atoms with E-state index in [-0.39, 0.29) is 10.3 Å². The molecule has 1 aliphatic carbocycles. The van der Waals surface area contributed by atoms with Crippen molar-refractivity contribution in [3.63, 3.8) is 0 Å². The van der Waals surface area contributed by atoms with Crippen LogP contribution in [0.1, 0.15) is 33.6 Å². The van der Waals surface area contributed by atoms with Crippen molar-refractivity contribution in [1.29, 1.82) is 0 Å². The van der Waals surface area contributed by atoms with Crippen LogP contribution in [0.25, 0.3) is 0 Å². The van der Waals surface area contributed by atoms with Gasteiger partial charge in [-0.2, -0.15) is 0 Å². The number of ether oxygens (including phenoxy) is 2. The standard InChI is InChI=1S/C12H19NO4/c1-9-5-6-11(4,13(14)15)12(9)16-7-10(2,3)8-17-12/h1,5-8H2,2-4H3. The third-order valence-electron chi connectivity index (χ3n) is 3.82.